The van der Waals surface area contributed by atoms with Gasteiger partial charge in [0.15, 0.2) is 0 Å². The molecule has 0 aliphatic rings. The van der Waals surface area contributed by atoms with Crippen LogP contribution in [0.15, 0.2) is 23.3 Å². The van der Waals surface area contributed by atoms with Crippen LogP contribution in [0.5, 0.6) is 0 Å². The molecule has 1 N–H and O–H groups in total. The SMILES string of the molecule is CCCc1cc(N(C=O)C=O)ccc1N=N. The van der Waals surface area contributed by atoms with Crippen molar-refractivity contribution in [3.05, 3.63) is 23.8 Å². The number of rotatable bonds is 6. The number of hydrogen-bond acceptors (Lipinski definition) is 4. The Balaban J connectivity index is 3.14. The number of nitrogens with one attached hydrogen (secondary N) is 1. The van der Waals surface area contributed by atoms with Crippen molar-refractivity contribution in [2.24, 2.45) is 5.11 Å². The summed E-state index contributed by atoms with van der Waals surface area (Å²) in [5.41, 5.74) is 8.94. The third kappa shape index (κ3) is 2.50. The number of carbonyl (C=O) groups is 2. The number of anilines is 1. The van der Waals surface area contributed by atoms with E-state index in [4.69, 9.17) is 5.53 Å². The highest BCUT2D eigenvalue weighted by Gasteiger charge is 2.07. The number of hydrogen-bond donors (Lipinski definition) is 1. The van der Waals surface area contributed by atoms with Crippen molar-refractivity contribution in [3.8, 4) is 0 Å². The number of amides is 2. The molecule has 0 heterocycles. The van der Waals surface area contributed by atoms with Crippen LogP contribution in [0.4, 0.5) is 11.4 Å². The van der Waals surface area contributed by atoms with E-state index in [1.54, 1.807) is 18.2 Å². The van der Waals surface area contributed by atoms with Gasteiger partial charge in [-0.15, -0.1) is 0 Å². The Morgan fingerprint density at radius 3 is 2.56 bits per heavy atom. The summed E-state index contributed by atoms with van der Waals surface area (Å²) in [4.78, 5) is 22.1. The van der Waals surface area contributed by atoms with E-state index in [-0.39, 0.29) is 0 Å². The number of benzene rings is 1. The Bertz CT molecular complexity index is 396. The van der Waals surface area contributed by atoms with Crippen LogP contribution >= 0.6 is 0 Å². The lowest BCUT2D eigenvalue weighted by Crippen LogP contribution is -2.18. The van der Waals surface area contributed by atoms with E-state index < -0.39 is 0 Å². The molecule has 0 aromatic heterocycles. The highest BCUT2D eigenvalue weighted by atomic mass is 16.2. The van der Waals surface area contributed by atoms with Crippen molar-refractivity contribution in [2.75, 3.05) is 4.90 Å². The van der Waals surface area contributed by atoms with Crippen LogP contribution in [0, 0.1) is 5.53 Å². The van der Waals surface area contributed by atoms with E-state index >= 15 is 0 Å². The van der Waals surface area contributed by atoms with Gasteiger partial charge in [-0.05, 0) is 30.2 Å². The van der Waals surface area contributed by atoms with E-state index in [2.05, 4.69) is 5.11 Å². The maximum absolute atomic E-state index is 10.6. The van der Waals surface area contributed by atoms with Crippen LogP contribution in [0.2, 0.25) is 0 Å². The summed E-state index contributed by atoms with van der Waals surface area (Å²) >= 11 is 0. The fraction of sp³-hybridized carbons (Fsp3) is 0.273. The van der Waals surface area contributed by atoms with Gasteiger partial charge in [-0.3, -0.25) is 14.5 Å². The molecular formula is C11H13N3O2. The van der Waals surface area contributed by atoms with Gasteiger partial charge >= 0.3 is 0 Å². The van der Waals surface area contributed by atoms with Crippen LogP contribution in [0.25, 0.3) is 0 Å². The zero-order valence-electron chi connectivity index (χ0n) is 9.01. The minimum atomic E-state index is 0.454. The molecule has 0 radical (unpaired) electrons. The third-order valence-electron chi connectivity index (χ3n) is 2.23. The molecule has 16 heavy (non-hydrogen) atoms. The van der Waals surface area contributed by atoms with Gasteiger partial charge in [0.05, 0.1) is 11.4 Å². The molecule has 0 aliphatic heterocycles. The van der Waals surface area contributed by atoms with E-state index in [1.165, 1.54) is 0 Å². The molecule has 1 aromatic rings. The van der Waals surface area contributed by atoms with Gasteiger partial charge in [0, 0.05) is 0 Å². The van der Waals surface area contributed by atoms with Gasteiger partial charge in [-0.25, -0.2) is 5.53 Å². The molecule has 84 valence electrons. The molecule has 0 bridgehead atoms. The molecular weight excluding hydrogens is 206 g/mol. The van der Waals surface area contributed by atoms with Crippen LogP contribution in [0.1, 0.15) is 18.9 Å². The first-order valence-electron chi connectivity index (χ1n) is 4.96. The lowest BCUT2D eigenvalue weighted by Gasteiger charge is -2.11. The van der Waals surface area contributed by atoms with Crippen LogP contribution in [0.3, 0.4) is 0 Å². The zero-order valence-corrected chi connectivity index (χ0v) is 9.01. The molecule has 0 saturated carbocycles. The van der Waals surface area contributed by atoms with Crippen LogP contribution in [-0.4, -0.2) is 12.8 Å². The van der Waals surface area contributed by atoms with Crippen molar-refractivity contribution in [1.82, 2.24) is 0 Å². The minimum absolute atomic E-state index is 0.454. The molecule has 0 aliphatic carbocycles. The first-order valence-corrected chi connectivity index (χ1v) is 4.96. The Morgan fingerprint density at radius 1 is 1.38 bits per heavy atom. The minimum Gasteiger partial charge on any atom is -0.278 e. The smallest absolute Gasteiger partial charge is 0.220 e. The molecule has 2 amide bonds. The second-order valence-electron chi connectivity index (χ2n) is 3.29. The summed E-state index contributed by atoms with van der Waals surface area (Å²) in [6, 6.07) is 4.93. The maximum Gasteiger partial charge on any atom is 0.220 e. The number of imide groups is 1. The topological polar surface area (TPSA) is 73.6 Å². The first-order chi connectivity index (χ1) is 7.76. The van der Waals surface area contributed by atoms with Crippen molar-refractivity contribution in [1.29, 1.82) is 5.53 Å². The number of aryl methyl sites for hydroxylation is 1. The van der Waals surface area contributed by atoms with Crippen molar-refractivity contribution in [2.45, 2.75) is 19.8 Å². The quantitative estimate of drug-likeness (QED) is 0.589. The van der Waals surface area contributed by atoms with E-state index in [1.807, 2.05) is 6.92 Å². The highest BCUT2D eigenvalue weighted by Crippen LogP contribution is 2.25. The van der Waals surface area contributed by atoms with Gasteiger partial charge in [0.1, 0.15) is 0 Å². The molecule has 5 nitrogen and oxygen atoms in total. The Labute approximate surface area is 93.6 Å². The third-order valence-corrected chi connectivity index (χ3v) is 2.23. The Hall–Kier alpha value is -2.04. The predicted molar refractivity (Wildman–Crippen MR) is 59.9 cm³/mol. The summed E-state index contributed by atoms with van der Waals surface area (Å²) in [6.45, 7) is 2.01. The predicted octanol–water partition coefficient (Wildman–Crippen LogP) is 2.42. The average Bonchev–Trinajstić information content (AvgIpc) is 2.31. The lowest BCUT2D eigenvalue weighted by atomic mass is 10.1. The fourth-order valence-electron chi connectivity index (χ4n) is 1.46. The molecule has 0 fully saturated rings. The molecule has 0 saturated heterocycles. The van der Waals surface area contributed by atoms with E-state index in [0.717, 1.165) is 23.3 Å². The van der Waals surface area contributed by atoms with Gasteiger partial charge in [-0.1, -0.05) is 13.3 Å². The molecule has 1 rings (SSSR count). The fourth-order valence-corrected chi connectivity index (χ4v) is 1.46. The zero-order chi connectivity index (χ0) is 12.0. The van der Waals surface area contributed by atoms with Gasteiger partial charge in [-0.2, -0.15) is 5.11 Å². The normalized spacial score (nSPS) is 9.56. The van der Waals surface area contributed by atoms with Crippen molar-refractivity contribution in [3.63, 3.8) is 0 Å². The average molecular weight is 219 g/mol. The second-order valence-corrected chi connectivity index (χ2v) is 3.29. The first kappa shape index (κ1) is 12.0. The molecule has 1 aromatic carbocycles. The van der Waals surface area contributed by atoms with Crippen molar-refractivity contribution >= 4 is 24.2 Å². The largest absolute Gasteiger partial charge is 0.278 e. The molecule has 0 unspecified atom stereocenters. The lowest BCUT2D eigenvalue weighted by molar-refractivity contribution is -0.113. The van der Waals surface area contributed by atoms with Gasteiger partial charge in [0.25, 0.3) is 0 Å². The summed E-state index contributed by atoms with van der Waals surface area (Å²) in [7, 11) is 0. The second kappa shape index (κ2) is 5.75. The van der Waals surface area contributed by atoms with Crippen molar-refractivity contribution < 1.29 is 9.59 Å². The highest BCUT2D eigenvalue weighted by molar-refractivity contribution is 5.95. The summed E-state index contributed by atoms with van der Waals surface area (Å²) in [5.74, 6) is 0. The monoisotopic (exact) mass is 219 g/mol. The van der Waals surface area contributed by atoms with E-state index in [0.29, 0.717) is 24.2 Å². The molecule has 0 atom stereocenters. The Kier molecular flexibility index (Phi) is 4.32. The van der Waals surface area contributed by atoms with E-state index in [9.17, 15) is 9.59 Å². The summed E-state index contributed by atoms with van der Waals surface area (Å²) in [6.07, 6.45) is 2.58. The summed E-state index contributed by atoms with van der Waals surface area (Å²) < 4.78 is 0. The van der Waals surface area contributed by atoms with Crippen LogP contribution < -0.4 is 4.90 Å². The molecule has 5 heteroatoms. The summed E-state index contributed by atoms with van der Waals surface area (Å²) in [5, 5.41) is 3.40. The van der Waals surface area contributed by atoms with Gasteiger partial charge < -0.3 is 0 Å². The number of nitrogens with zero attached hydrogens (tertiary/aromatic N) is 2. The number of carbonyl (C=O) groups excluding carboxylic acids is 2. The maximum atomic E-state index is 10.6. The van der Waals surface area contributed by atoms with Crippen LogP contribution in [-0.2, 0) is 16.0 Å². The standard InChI is InChI=1S/C11H13N3O2/c1-2-3-9-6-10(14(7-15)8-16)4-5-11(9)13-12/h4-8,12H,2-3H2,1H3. The molecule has 0 spiro atoms. The Morgan fingerprint density at radius 2 is 2.06 bits per heavy atom. The van der Waals surface area contributed by atoms with Gasteiger partial charge in [0.2, 0.25) is 12.8 Å².